The molecule has 0 spiro atoms. The van der Waals surface area contributed by atoms with Gasteiger partial charge in [0.15, 0.2) is 0 Å². The lowest BCUT2D eigenvalue weighted by Crippen LogP contribution is -2.11. The molecule has 160 valence electrons. The molecule has 3 aromatic carbocycles. The van der Waals surface area contributed by atoms with Crippen molar-refractivity contribution >= 4 is 11.6 Å². The molecule has 0 saturated carbocycles. The Hall–Kier alpha value is -4.39. The average Bonchev–Trinajstić information content (AvgIpc) is 2.84. The molecule has 7 heteroatoms. The predicted molar refractivity (Wildman–Crippen MR) is 121 cm³/mol. The molecule has 1 amide bonds. The highest BCUT2D eigenvalue weighted by Crippen LogP contribution is 2.26. The van der Waals surface area contributed by atoms with Crippen LogP contribution in [0.4, 0.5) is 5.69 Å². The molecule has 0 fully saturated rings. The van der Waals surface area contributed by atoms with E-state index in [0.717, 1.165) is 5.56 Å². The number of benzene rings is 3. The van der Waals surface area contributed by atoms with Crippen molar-refractivity contribution in [1.82, 2.24) is 9.97 Å². The standard InChI is InChI=1S/C25H21N3O4/c1-30-20-6-3-5-19(13-20)28-25(29)18-11-9-17(10-12-18)23-15-24(27-16-26-23)32-22-8-4-7-21(14-22)31-2/h3-16H,1-2H3,(H,28,29). The smallest absolute Gasteiger partial charge is 0.255 e. The third kappa shape index (κ3) is 5.02. The highest BCUT2D eigenvalue weighted by atomic mass is 16.5. The number of amides is 1. The van der Waals surface area contributed by atoms with E-state index in [-0.39, 0.29) is 5.91 Å². The Balaban J connectivity index is 1.47. The first kappa shape index (κ1) is 20.9. The van der Waals surface area contributed by atoms with E-state index in [1.165, 1.54) is 6.33 Å². The molecule has 1 aromatic heterocycles. The molecule has 0 unspecified atom stereocenters. The van der Waals surface area contributed by atoms with Crippen molar-refractivity contribution in [3.05, 3.63) is 90.8 Å². The maximum atomic E-state index is 12.6. The molecule has 7 nitrogen and oxygen atoms in total. The quantitative estimate of drug-likeness (QED) is 0.436. The Morgan fingerprint density at radius 3 is 2.22 bits per heavy atom. The molecule has 0 aliphatic rings. The first-order chi connectivity index (χ1) is 15.6. The zero-order chi connectivity index (χ0) is 22.3. The molecule has 32 heavy (non-hydrogen) atoms. The lowest BCUT2D eigenvalue weighted by Gasteiger charge is -2.09. The molecule has 0 radical (unpaired) electrons. The van der Waals surface area contributed by atoms with Gasteiger partial charge < -0.3 is 19.5 Å². The van der Waals surface area contributed by atoms with E-state index in [4.69, 9.17) is 14.2 Å². The molecule has 4 rings (SSSR count). The van der Waals surface area contributed by atoms with Crippen molar-refractivity contribution in [3.63, 3.8) is 0 Å². The number of carbonyl (C=O) groups is 1. The number of hydrogen-bond donors (Lipinski definition) is 1. The van der Waals surface area contributed by atoms with Crippen LogP contribution in [-0.4, -0.2) is 30.1 Å². The minimum absolute atomic E-state index is 0.213. The van der Waals surface area contributed by atoms with Gasteiger partial charge in [-0.2, -0.15) is 0 Å². The molecule has 0 saturated heterocycles. The van der Waals surface area contributed by atoms with Crippen LogP contribution in [0, 0.1) is 0 Å². The third-order valence-electron chi connectivity index (χ3n) is 4.68. The van der Waals surface area contributed by atoms with Crippen molar-refractivity contribution in [1.29, 1.82) is 0 Å². The second kappa shape index (κ2) is 9.61. The number of ether oxygens (including phenoxy) is 3. The Labute approximate surface area is 185 Å². The molecule has 0 atom stereocenters. The molecule has 0 bridgehead atoms. The molecule has 1 N–H and O–H groups in total. The fourth-order valence-electron chi connectivity index (χ4n) is 3.04. The van der Waals surface area contributed by atoms with Gasteiger partial charge in [-0.05, 0) is 36.4 Å². The van der Waals surface area contributed by atoms with Crippen LogP contribution < -0.4 is 19.5 Å². The van der Waals surface area contributed by atoms with Gasteiger partial charge in [0.05, 0.1) is 19.9 Å². The van der Waals surface area contributed by atoms with Crippen LogP contribution in [0.3, 0.4) is 0 Å². The van der Waals surface area contributed by atoms with Gasteiger partial charge in [-0.1, -0.05) is 24.3 Å². The summed E-state index contributed by atoms with van der Waals surface area (Å²) in [5, 5.41) is 2.86. The van der Waals surface area contributed by atoms with E-state index in [2.05, 4.69) is 15.3 Å². The van der Waals surface area contributed by atoms with Crippen LogP contribution in [0.1, 0.15) is 10.4 Å². The normalized spacial score (nSPS) is 10.3. The van der Waals surface area contributed by atoms with Crippen molar-refractivity contribution in [2.24, 2.45) is 0 Å². The van der Waals surface area contributed by atoms with Gasteiger partial charge in [0, 0.05) is 35.0 Å². The predicted octanol–water partition coefficient (Wildman–Crippen LogP) is 5.21. The second-order valence-corrected chi connectivity index (χ2v) is 6.79. The Morgan fingerprint density at radius 2 is 1.47 bits per heavy atom. The number of hydrogen-bond acceptors (Lipinski definition) is 6. The second-order valence-electron chi connectivity index (χ2n) is 6.79. The van der Waals surface area contributed by atoms with Gasteiger partial charge in [0.25, 0.3) is 5.91 Å². The number of aromatic nitrogens is 2. The molecular weight excluding hydrogens is 406 g/mol. The first-order valence-electron chi connectivity index (χ1n) is 9.84. The van der Waals surface area contributed by atoms with Crippen LogP contribution in [0.2, 0.25) is 0 Å². The van der Waals surface area contributed by atoms with Crippen LogP contribution in [0.15, 0.2) is 85.2 Å². The summed E-state index contributed by atoms with van der Waals surface area (Å²) in [4.78, 5) is 21.1. The molecule has 0 aliphatic heterocycles. The van der Waals surface area contributed by atoms with Crippen LogP contribution >= 0.6 is 0 Å². The summed E-state index contributed by atoms with van der Waals surface area (Å²) < 4.78 is 16.2. The minimum Gasteiger partial charge on any atom is -0.497 e. The zero-order valence-corrected chi connectivity index (χ0v) is 17.6. The summed E-state index contributed by atoms with van der Waals surface area (Å²) >= 11 is 0. The fourth-order valence-corrected chi connectivity index (χ4v) is 3.04. The molecule has 0 aliphatic carbocycles. The SMILES string of the molecule is COc1cccc(NC(=O)c2ccc(-c3cc(Oc4cccc(OC)c4)ncn3)cc2)c1. The van der Waals surface area contributed by atoms with Gasteiger partial charge in [0.1, 0.15) is 23.6 Å². The van der Waals surface area contributed by atoms with Crippen LogP contribution in [-0.2, 0) is 0 Å². The summed E-state index contributed by atoms with van der Waals surface area (Å²) in [6, 6.07) is 23.4. The molecule has 1 heterocycles. The Morgan fingerprint density at radius 1 is 0.781 bits per heavy atom. The van der Waals surface area contributed by atoms with Crippen molar-refractivity contribution < 1.29 is 19.0 Å². The Bertz CT molecular complexity index is 1230. The number of carbonyl (C=O) groups excluding carboxylic acids is 1. The van der Waals surface area contributed by atoms with Crippen LogP contribution in [0.25, 0.3) is 11.3 Å². The largest absolute Gasteiger partial charge is 0.497 e. The van der Waals surface area contributed by atoms with Gasteiger partial charge in [-0.25, -0.2) is 9.97 Å². The van der Waals surface area contributed by atoms with E-state index < -0.39 is 0 Å². The third-order valence-corrected chi connectivity index (χ3v) is 4.68. The Kier molecular flexibility index (Phi) is 6.27. The van der Waals surface area contributed by atoms with E-state index in [9.17, 15) is 4.79 Å². The van der Waals surface area contributed by atoms with Gasteiger partial charge in [0.2, 0.25) is 5.88 Å². The molecule has 4 aromatic rings. The summed E-state index contributed by atoms with van der Waals surface area (Å²) in [7, 11) is 3.18. The molecular formula is C25H21N3O4. The number of nitrogens with zero attached hydrogens (tertiary/aromatic N) is 2. The van der Waals surface area contributed by atoms with E-state index in [0.29, 0.717) is 40.1 Å². The van der Waals surface area contributed by atoms with Crippen molar-refractivity contribution in [2.45, 2.75) is 0 Å². The fraction of sp³-hybridized carbons (Fsp3) is 0.0800. The highest BCUT2D eigenvalue weighted by molar-refractivity contribution is 6.04. The van der Waals surface area contributed by atoms with Crippen LogP contribution in [0.5, 0.6) is 23.1 Å². The summed E-state index contributed by atoms with van der Waals surface area (Å²) in [5.41, 5.74) is 2.70. The summed E-state index contributed by atoms with van der Waals surface area (Å²) in [6.07, 6.45) is 1.44. The number of methoxy groups -OCH3 is 2. The van der Waals surface area contributed by atoms with E-state index >= 15 is 0 Å². The van der Waals surface area contributed by atoms with Gasteiger partial charge >= 0.3 is 0 Å². The minimum atomic E-state index is -0.213. The summed E-state index contributed by atoms with van der Waals surface area (Å²) in [5.74, 6) is 2.17. The lowest BCUT2D eigenvalue weighted by molar-refractivity contribution is 0.102. The van der Waals surface area contributed by atoms with E-state index in [1.807, 2.05) is 42.5 Å². The van der Waals surface area contributed by atoms with Crippen molar-refractivity contribution in [3.8, 4) is 34.4 Å². The average molecular weight is 427 g/mol. The maximum absolute atomic E-state index is 12.6. The number of rotatable bonds is 7. The van der Waals surface area contributed by atoms with Crippen molar-refractivity contribution in [2.75, 3.05) is 19.5 Å². The first-order valence-corrected chi connectivity index (χ1v) is 9.84. The van der Waals surface area contributed by atoms with Gasteiger partial charge in [-0.15, -0.1) is 0 Å². The number of anilines is 1. The maximum Gasteiger partial charge on any atom is 0.255 e. The van der Waals surface area contributed by atoms with E-state index in [1.54, 1.807) is 50.6 Å². The van der Waals surface area contributed by atoms with Gasteiger partial charge in [-0.3, -0.25) is 4.79 Å². The summed E-state index contributed by atoms with van der Waals surface area (Å²) in [6.45, 7) is 0. The number of nitrogens with one attached hydrogen (secondary N) is 1. The zero-order valence-electron chi connectivity index (χ0n) is 17.6. The monoisotopic (exact) mass is 427 g/mol. The lowest BCUT2D eigenvalue weighted by atomic mass is 10.1. The topological polar surface area (TPSA) is 82.6 Å². The highest BCUT2D eigenvalue weighted by Gasteiger charge is 2.09.